The van der Waals surface area contributed by atoms with Crippen LogP contribution in [0.15, 0.2) is 36.7 Å². The molecule has 25 heavy (non-hydrogen) atoms. The molecule has 2 aliphatic rings. The highest BCUT2D eigenvalue weighted by Crippen LogP contribution is 2.54. The molecule has 1 N–H and O–H groups in total. The van der Waals surface area contributed by atoms with Crippen LogP contribution in [0.4, 0.5) is 10.3 Å². The fraction of sp³-hybridized carbons (Fsp3) is 0.294. The van der Waals surface area contributed by atoms with E-state index in [-0.39, 0.29) is 24.9 Å². The smallest absolute Gasteiger partial charge is 0.254 e. The molecule has 1 aliphatic carbocycles. The van der Waals surface area contributed by atoms with Crippen molar-refractivity contribution < 1.29 is 14.0 Å². The first-order chi connectivity index (χ1) is 12.0. The second kappa shape index (κ2) is 6.01. The fourth-order valence-electron chi connectivity index (χ4n) is 3.31. The van der Waals surface area contributed by atoms with E-state index in [0.29, 0.717) is 12.0 Å². The van der Waals surface area contributed by atoms with Crippen molar-refractivity contribution in [3.63, 3.8) is 0 Å². The fourth-order valence-corrected chi connectivity index (χ4v) is 3.81. The van der Waals surface area contributed by atoms with E-state index in [1.807, 2.05) is 12.1 Å². The van der Waals surface area contributed by atoms with Crippen LogP contribution in [-0.2, 0) is 10.2 Å². The first kappa shape index (κ1) is 16.4. The summed E-state index contributed by atoms with van der Waals surface area (Å²) in [6.07, 6.45) is 2.42. The number of nitrogens with zero attached hydrogens (tertiary/aromatic N) is 3. The van der Waals surface area contributed by atoms with Crippen molar-refractivity contribution >= 4 is 40.4 Å². The van der Waals surface area contributed by atoms with E-state index in [1.54, 1.807) is 12.1 Å². The average molecular weight is 452 g/mol. The lowest BCUT2D eigenvalue weighted by molar-refractivity contribution is -0.117. The highest BCUT2D eigenvalue weighted by atomic mass is 127. The number of hydrogen-bond acceptors (Lipinski definition) is 4. The Labute approximate surface area is 157 Å². The minimum Gasteiger partial charge on any atom is -0.328 e. The predicted octanol–water partition coefficient (Wildman–Crippen LogP) is 2.16. The molecule has 1 aliphatic heterocycles. The second-order valence-corrected chi connectivity index (χ2v) is 7.55. The van der Waals surface area contributed by atoms with Crippen LogP contribution in [0, 0.1) is 3.57 Å². The van der Waals surface area contributed by atoms with Crippen molar-refractivity contribution in [3.05, 3.63) is 51.4 Å². The van der Waals surface area contributed by atoms with Crippen molar-refractivity contribution in [1.29, 1.82) is 0 Å². The maximum Gasteiger partial charge on any atom is 0.254 e. The third-order valence-corrected chi connectivity index (χ3v) is 5.31. The summed E-state index contributed by atoms with van der Waals surface area (Å²) in [6.45, 7) is 0.0557. The Bertz CT molecular complexity index is 863. The van der Waals surface area contributed by atoms with Gasteiger partial charge in [0.05, 0.1) is 0 Å². The SMILES string of the molecule is O=C(CN1C[C@@]2(CC2F)c2cc(I)ccc2C1=O)Nc1ncccn1. The standard InChI is InChI=1S/C17H14FIN4O2/c18-13-7-17(13)9-23(8-14(24)22-16-20-4-1-5-21-16)15(25)11-3-2-10(19)6-12(11)17/h1-6,13H,7-9H2,(H,20,21,22,24)/t13?,17-/m0/s1. The number of carbonyl (C=O) groups is 2. The number of hydrogen-bond donors (Lipinski definition) is 1. The van der Waals surface area contributed by atoms with Crippen molar-refractivity contribution in [2.45, 2.75) is 18.0 Å². The van der Waals surface area contributed by atoms with Gasteiger partial charge in [0.2, 0.25) is 11.9 Å². The number of rotatable bonds is 3. The summed E-state index contributed by atoms with van der Waals surface area (Å²) in [5.74, 6) is -0.476. The summed E-state index contributed by atoms with van der Waals surface area (Å²) in [6, 6.07) is 7.06. The van der Waals surface area contributed by atoms with E-state index < -0.39 is 17.5 Å². The summed E-state index contributed by atoms with van der Waals surface area (Å²) < 4.78 is 15.2. The number of amides is 2. The molecule has 2 aromatic rings. The first-order valence-electron chi connectivity index (χ1n) is 7.80. The molecule has 1 saturated carbocycles. The van der Waals surface area contributed by atoms with Gasteiger partial charge in [0.15, 0.2) is 0 Å². The van der Waals surface area contributed by atoms with E-state index in [0.717, 1.165) is 9.13 Å². The maximum absolute atomic E-state index is 14.2. The van der Waals surface area contributed by atoms with Gasteiger partial charge in [-0.15, -0.1) is 0 Å². The summed E-state index contributed by atoms with van der Waals surface area (Å²) in [4.78, 5) is 34.2. The number of nitrogens with one attached hydrogen (secondary N) is 1. The van der Waals surface area contributed by atoms with Crippen molar-refractivity contribution in [2.24, 2.45) is 0 Å². The molecule has 1 aromatic heterocycles. The molecule has 0 bridgehead atoms. The van der Waals surface area contributed by atoms with Crippen molar-refractivity contribution in [1.82, 2.24) is 14.9 Å². The van der Waals surface area contributed by atoms with E-state index in [1.165, 1.54) is 17.3 Å². The van der Waals surface area contributed by atoms with Gasteiger partial charge in [0.25, 0.3) is 5.91 Å². The number of alkyl halides is 1. The monoisotopic (exact) mass is 452 g/mol. The van der Waals surface area contributed by atoms with Crippen LogP contribution in [0.25, 0.3) is 0 Å². The van der Waals surface area contributed by atoms with E-state index in [9.17, 15) is 14.0 Å². The second-order valence-electron chi connectivity index (χ2n) is 6.30. The lowest BCUT2D eigenvalue weighted by Crippen LogP contribution is -2.47. The van der Waals surface area contributed by atoms with E-state index >= 15 is 0 Å². The normalized spacial score (nSPS) is 24.2. The van der Waals surface area contributed by atoms with Gasteiger partial charge in [0.1, 0.15) is 12.7 Å². The summed E-state index contributed by atoms with van der Waals surface area (Å²) in [5.41, 5.74) is 0.573. The van der Waals surface area contributed by atoms with Crippen molar-refractivity contribution in [3.8, 4) is 0 Å². The van der Waals surface area contributed by atoms with Crippen LogP contribution in [0.2, 0.25) is 0 Å². The average Bonchev–Trinajstić information content (AvgIpc) is 3.23. The molecule has 4 rings (SSSR count). The molecule has 2 amide bonds. The zero-order chi connectivity index (χ0) is 17.6. The number of benzene rings is 1. The zero-order valence-corrected chi connectivity index (χ0v) is 15.2. The Morgan fingerprint density at radius 3 is 2.80 bits per heavy atom. The van der Waals surface area contributed by atoms with Crippen LogP contribution in [0.3, 0.4) is 0 Å². The maximum atomic E-state index is 14.2. The van der Waals surface area contributed by atoms with E-state index in [2.05, 4.69) is 37.9 Å². The molecule has 0 saturated heterocycles. The molecular weight excluding hydrogens is 438 g/mol. The van der Waals surface area contributed by atoms with Crippen LogP contribution in [0.1, 0.15) is 22.3 Å². The highest BCUT2D eigenvalue weighted by Gasteiger charge is 2.61. The number of anilines is 1. The van der Waals surface area contributed by atoms with Crippen LogP contribution in [0.5, 0.6) is 0 Å². The third-order valence-electron chi connectivity index (χ3n) is 4.64. The van der Waals surface area contributed by atoms with Crippen LogP contribution in [-0.4, -0.2) is 45.9 Å². The summed E-state index contributed by atoms with van der Waals surface area (Å²) in [5, 5.41) is 2.55. The third kappa shape index (κ3) is 2.88. The van der Waals surface area contributed by atoms with Crippen LogP contribution >= 0.6 is 22.6 Å². The number of halogens is 2. The van der Waals surface area contributed by atoms with Gasteiger partial charge < -0.3 is 4.90 Å². The topological polar surface area (TPSA) is 75.2 Å². The molecule has 1 fully saturated rings. The van der Waals surface area contributed by atoms with Gasteiger partial charge in [-0.3, -0.25) is 14.9 Å². The van der Waals surface area contributed by atoms with Gasteiger partial charge in [-0.05, 0) is 58.8 Å². The Kier molecular flexibility index (Phi) is 3.94. The lowest BCUT2D eigenvalue weighted by Gasteiger charge is -2.34. The predicted molar refractivity (Wildman–Crippen MR) is 96.9 cm³/mol. The largest absolute Gasteiger partial charge is 0.328 e. The van der Waals surface area contributed by atoms with E-state index in [4.69, 9.17) is 0 Å². The van der Waals surface area contributed by atoms with Crippen LogP contribution < -0.4 is 5.32 Å². The quantitative estimate of drug-likeness (QED) is 0.725. The van der Waals surface area contributed by atoms with Crippen molar-refractivity contribution in [2.75, 3.05) is 18.4 Å². The van der Waals surface area contributed by atoms with Gasteiger partial charge in [0, 0.05) is 33.5 Å². The number of fused-ring (bicyclic) bond motifs is 2. The summed E-state index contributed by atoms with van der Waals surface area (Å²) >= 11 is 2.16. The molecule has 6 nitrogen and oxygen atoms in total. The Morgan fingerprint density at radius 2 is 2.12 bits per heavy atom. The number of aromatic nitrogens is 2. The highest BCUT2D eigenvalue weighted by molar-refractivity contribution is 14.1. The van der Waals surface area contributed by atoms with Gasteiger partial charge in [-0.1, -0.05) is 0 Å². The van der Waals surface area contributed by atoms with Gasteiger partial charge in [-0.25, -0.2) is 14.4 Å². The molecular formula is C17H14FIN4O2. The zero-order valence-electron chi connectivity index (χ0n) is 13.1. The first-order valence-corrected chi connectivity index (χ1v) is 8.88. The molecule has 1 aromatic carbocycles. The minimum absolute atomic E-state index is 0.156. The van der Waals surface area contributed by atoms with Gasteiger partial charge >= 0.3 is 0 Å². The number of carbonyl (C=O) groups excluding carboxylic acids is 2. The Hall–Kier alpha value is -2.10. The molecule has 2 heterocycles. The van der Waals surface area contributed by atoms with Gasteiger partial charge in [-0.2, -0.15) is 0 Å². The minimum atomic E-state index is -0.986. The molecule has 1 unspecified atom stereocenters. The lowest BCUT2D eigenvalue weighted by atomic mass is 9.86. The molecule has 128 valence electrons. The Morgan fingerprint density at radius 1 is 1.40 bits per heavy atom. The summed E-state index contributed by atoms with van der Waals surface area (Å²) in [7, 11) is 0. The molecule has 0 radical (unpaired) electrons. The molecule has 8 heteroatoms. The Balaban J connectivity index is 1.57. The molecule has 2 atom stereocenters. The molecule has 1 spiro atoms.